The van der Waals surface area contributed by atoms with E-state index >= 15 is 0 Å². The van der Waals surface area contributed by atoms with Crippen molar-refractivity contribution in [2.24, 2.45) is 11.8 Å². The summed E-state index contributed by atoms with van der Waals surface area (Å²) >= 11 is 0. The van der Waals surface area contributed by atoms with Crippen LogP contribution in [0.25, 0.3) is 11.3 Å². The quantitative estimate of drug-likeness (QED) is 0.862. The zero-order valence-corrected chi connectivity index (χ0v) is 16.3. The van der Waals surface area contributed by atoms with E-state index in [0.717, 1.165) is 36.3 Å². The Kier molecular flexibility index (Phi) is 3.04. The minimum atomic E-state index is 0.283. The van der Waals surface area contributed by atoms with Gasteiger partial charge < -0.3 is 10.5 Å². The molecule has 7 nitrogen and oxygen atoms in total. The molecule has 0 spiro atoms. The number of hydrogen-bond acceptors (Lipinski definition) is 6. The van der Waals surface area contributed by atoms with Gasteiger partial charge in [0, 0.05) is 35.5 Å². The van der Waals surface area contributed by atoms with Crippen molar-refractivity contribution >= 4 is 5.82 Å². The minimum Gasteiger partial charge on any atom is -0.383 e. The van der Waals surface area contributed by atoms with Gasteiger partial charge in [0.1, 0.15) is 11.9 Å². The molecular formula is C22H24N6O. The van der Waals surface area contributed by atoms with E-state index in [0.29, 0.717) is 29.1 Å². The number of aromatic nitrogens is 3. The maximum atomic E-state index is 9.34. The molecule has 3 aliphatic carbocycles. The smallest absolute Gasteiger partial charge is 0.141 e. The van der Waals surface area contributed by atoms with Crippen LogP contribution in [0.15, 0.2) is 18.3 Å². The van der Waals surface area contributed by atoms with Crippen LogP contribution in [-0.4, -0.2) is 51.5 Å². The Hall–Kier alpha value is -2.43. The van der Waals surface area contributed by atoms with Crippen LogP contribution in [0.1, 0.15) is 43.0 Å². The number of nitrogens with zero attached hydrogens (tertiary/aromatic N) is 5. The minimum absolute atomic E-state index is 0.283. The summed E-state index contributed by atoms with van der Waals surface area (Å²) in [7, 11) is 0. The maximum absolute atomic E-state index is 9.34. The lowest BCUT2D eigenvalue weighted by molar-refractivity contribution is -0.0601. The van der Waals surface area contributed by atoms with E-state index in [1.165, 1.54) is 37.9 Å². The number of nitriles is 1. The van der Waals surface area contributed by atoms with Crippen LogP contribution < -0.4 is 5.73 Å². The van der Waals surface area contributed by atoms with Gasteiger partial charge in [0.15, 0.2) is 0 Å². The molecule has 2 N–H and O–H groups in total. The lowest BCUT2D eigenvalue weighted by atomic mass is 10.0. The Balaban J connectivity index is 1.30. The van der Waals surface area contributed by atoms with Gasteiger partial charge in [0.05, 0.1) is 36.6 Å². The molecule has 2 aromatic heterocycles. The molecule has 0 amide bonds. The van der Waals surface area contributed by atoms with Gasteiger partial charge in [-0.15, -0.1) is 0 Å². The monoisotopic (exact) mass is 388 g/mol. The number of hydrogen-bond donors (Lipinski definition) is 1. The maximum Gasteiger partial charge on any atom is 0.141 e. The second-order valence-corrected chi connectivity index (χ2v) is 9.46. The van der Waals surface area contributed by atoms with Crippen molar-refractivity contribution in [2.45, 2.75) is 49.2 Å². The Morgan fingerprint density at radius 2 is 2.03 bits per heavy atom. The van der Waals surface area contributed by atoms with Crippen molar-refractivity contribution in [3.05, 3.63) is 29.6 Å². The summed E-state index contributed by atoms with van der Waals surface area (Å²) in [4.78, 5) is 6.94. The van der Waals surface area contributed by atoms with Gasteiger partial charge >= 0.3 is 0 Å². The Bertz CT molecular complexity index is 1060. The largest absolute Gasteiger partial charge is 0.383 e. The Morgan fingerprint density at radius 3 is 2.72 bits per heavy atom. The fraction of sp³-hybridized carbons (Fsp3) is 0.591. The number of nitrogen functional groups attached to an aromatic ring is 1. The molecule has 6 aliphatic rings. The van der Waals surface area contributed by atoms with Crippen LogP contribution in [0.5, 0.6) is 0 Å². The van der Waals surface area contributed by atoms with Crippen molar-refractivity contribution in [2.75, 3.05) is 25.5 Å². The second-order valence-electron chi connectivity index (χ2n) is 9.46. The van der Waals surface area contributed by atoms with Crippen molar-refractivity contribution in [1.29, 1.82) is 5.26 Å². The first-order chi connectivity index (χ1) is 14.2. The third-order valence-corrected chi connectivity index (χ3v) is 8.25. The Labute approximate surface area is 169 Å². The predicted molar refractivity (Wildman–Crippen MR) is 106 cm³/mol. The normalized spacial score (nSPS) is 35.3. The topological polar surface area (TPSA) is 93.0 Å². The molecule has 2 bridgehead atoms. The van der Waals surface area contributed by atoms with Gasteiger partial charge in [-0.2, -0.15) is 10.4 Å². The van der Waals surface area contributed by atoms with Crippen LogP contribution in [0.2, 0.25) is 0 Å². The lowest BCUT2D eigenvalue weighted by Crippen LogP contribution is -2.48. The van der Waals surface area contributed by atoms with E-state index in [9.17, 15) is 5.26 Å². The predicted octanol–water partition coefficient (Wildman–Crippen LogP) is 2.09. The van der Waals surface area contributed by atoms with Crippen molar-refractivity contribution in [3.63, 3.8) is 0 Å². The number of anilines is 1. The highest BCUT2D eigenvalue weighted by atomic mass is 16.5. The molecule has 3 aliphatic heterocycles. The summed E-state index contributed by atoms with van der Waals surface area (Å²) in [6, 6.07) is 8.08. The summed E-state index contributed by atoms with van der Waals surface area (Å²) < 4.78 is 7.82. The molecule has 2 aromatic rings. The molecule has 4 atom stereocenters. The number of nitrogens with two attached hydrogens (primary N) is 1. The van der Waals surface area contributed by atoms with Gasteiger partial charge in [0.2, 0.25) is 0 Å². The summed E-state index contributed by atoms with van der Waals surface area (Å²) in [5, 5.41) is 14.4. The van der Waals surface area contributed by atoms with E-state index in [1.54, 1.807) is 6.20 Å². The second kappa shape index (κ2) is 5.38. The molecule has 1 unspecified atom stereocenters. The van der Waals surface area contributed by atoms with Crippen molar-refractivity contribution in [3.8, 4) is 17.3 Å². The molecule has 6 fully saturated rings. The van der Waals surface area contributed by atoms with Gasteiger partial charge in [0.25, 0.3) is 0 Å². The molecule has 3 saturated carbocycles. The molecule has 5 heterocycles. The summed E-state index contributed by atoms with van der Waals surface area (Å²) in [5.41, 5.74) is 9.82. The third-order valence-electron chi connectivity index (χ3n) is 8.25. The average molecular weight is 388 g/mol. The standard InChI is InChI=1S/C22H24N6O/c23-7-12-5-13(8-25-21(12)24)17-6-18(28(26-17)14-3-1-2-4-14)22-16-9-27(15-10-29-11-15)20(22)19(16)22/h5-6,8,14-16,19-20H,1-4,9-11H2,(H2,24,25)/t16-,19-,20?,22-/m0/s1. The molecule has 29 heavy (non-hydrogen) atoms. The summed E-state index contributed by atoms with van der Waals surface area (Å²) in [6.45, 7) is 3.01. The van der Waals surface area contributed by atoms with Gasteiger partial charge in [-0.05, 0) is 36.8 Å². The van der Waals surface area contributed by atoms with Gasteiger partial charge in [-0.3, -0.25) is 9.58 Å². The number of piperidine rings is 1. The molecule has 8 rings (SSSR count). The molecule has 3 saturated heterocycles. The molecule has 148 valence electrons. The van der Waals surface area contributed by atoms with Gasteiger partial charge in [-0.1, -0.05) is 12.8 Å². The molecular weight excluding hydrogens is 364 g/mol. The third kappa shape index (κ3) is 1.94. The van der Waals surface area contributed by atoms with E-state index in [4.69, 9.17) is 15.6 Å². The van der Waals surface area contributed by atoms with Crippen LogP contribution >= 0.6 is 0 Å². The molecule has 0 radical (unpaired) electrons. The highest BCUT2D eigenvalue weighted by Crippen LogP contribution is 2.86. The van der Waals surface area contributed by atoms with E-state index in [-0.39, 0.29) is 5.82 Å². The average Bonchev–Trinajstić information content (AvgIpc) is 3.19. The first-order valence-electron chi connectivity index (χ1n) is 10.8. The number of ether oxygens (including phenoxy) is 1. The number of fused-ring (bicyclic) bond motifs is 1. The fourth-order valence-corrected chi connectivity index (χ4v) is 6.63. The lowest BCUT2D eigenvalue weighted by Gasteiger charge is -2.34. The number of pyridine rings is 1. The number of rotatable bonds is 4. The zero-order chi connectivity index (χ0) is 19.3. The first kappa shape index (κ1) is 16.4. The molecule has 0 aromatic carbocycles. The molecule has 7 heteroatoms. The summed E-state index contributed by atoms with van der Waals surface area (Å²) in [5.74, 6) is 1.88. The highest BCUT2D eigenvalue weighted by molar-refractivity contribution is 5.67. The van der Waals surface area contributed by atoms with Gasteiger partial charge in [-0.25, -0.2) is 4.98 Å². The van der Waals surface area contributed by atoms with E-state index < -0.39 is 0 Å². The van der Waals surface area contributed by atoms with Crippen LogP contribution in [0, 0.1) is 23.2 Å². The van der Waals surface area contributed by atoms with E-state index in [2.05, 4.69) is 26.7 Å². The van der Waals surface area contributed by atoms with Crippen molar-refractivity contribution < 1.29 is 4.74 Å². The van der Waals surface area contributed by atoms with Crippen LogP contribution in [0.4, 0.5) is 5.82 Å². The first-order valence-corrected chi connectivity index (χ1v) is 10.8. The highest BCUT2D eigenvalue weighted by Gasteiger charge is 2.94. The van der Waals surface area contributed by atoms with Crippen LogP contribution in [-0.2, 0) is 10.2 Å². The zero-order valence-electron chi connectivity index (χ0n) is 16.3. The Morgan fingerprint density at radius 1 is 1.21 bits per heavy atom. The van der Waals surface area contributed by atoms with Crippen LogP contribution in [0.3, 0.4) is 0 Å². The fourth-order valence-electron chi connectivity index (χ4n) is 6.63. The van der Waals surface area contributed by atoms with Crippen molar-refractivity contribution in [1.82, 2.24) is 19.7 Å². The SMILES string of the molecule is N#Cc1cc(-c2cc([C@]34C5[C@@H]3[C@@H]4CN5C3COC3)n(C3CCCC3)n2)cnc1N. The summed E-state index contributed by atoms with van der Waals surface area (Å²) in [6.07, 6.45) is 6.76. The van der Waals surface area contributed by atoms with E-state index in [1.807, 2.05) is 6.07 Å².